The number of benzene rings is 1. The van der Waals surface area contributed by atoms with Crippen molar-refractivity contribution in [2.75, 3.05) is 13.1 Å². The van der Waals surface area contributed by atoms with Crippen LogP contribution in [0, 0.1) is 24.2 Å². The molecule has 1 N–H and O–H groups in total. The highest BCUT2D eigenvalue weighted by Gasteiger charge is 2.51. The minimum Gasteiger partial charge on any atom is -0.487 e. The van der Waals surface area contributed by atoms with E-state index < -0.39 is 11.4 Å². The lowest BCUT2D eigenvalue weighted by Gasteiger charge is -2.53. The number of rotatable bonds is 4. The van der Waals surface area contributed by atoms with E-state index in [2.05, 4.69) is 39.0 Å². The molecule has 1 amide bonds. The molecule has 31 heavy (non-hydrogen) atoms. The van der Waals surface area contributed by atoms with E-state index in [1.807, 2.05) is 18.7 Å². The van der Waals surface area contributed by atoms with Crippen LogP contribution in [0.15, 0.2) is 18.2 Å². The van der Waals surface area contributed by atoms with Crippen molar-refractivity contribution in [3.63, 3.8) is 0 Å². The van der Waals surface area contributed by atoms with Gasteiger partial charge in [-0.1, -0.05) is 26.0 Å². The second-order valence-corrected chi connectivity index (χ2v) is 11.0. The summed E-state index contributed by atoms with van der Waals surface area (Å²) in [5.41, 5.74) is 1.43. The molecule has 3 aliphatic rings. The van der Waals surface area contributed by atoms with Gasteiger partial charge >= 0.3 is 5.97 Å². The van der Waals surface area contributed by atoms with Crippen molar-refractivity contribution in [3.05, 3.63) is 29.3 Å². The fourth-order valence-corrected chi connectivity index (χ4v) is 5.63. The molecule has 0 unspecified atom stereocenters. The third-order valence-electron chi connectivity index (χ3n) is 7.26. The predicted octanol–water partition coefficient (Wildman–Crippen LogP) is 4.35. The molecule has 2 fully saturated rings. The Balaban J connectivity index is 1.48. The van der Waals surface area contributed by atoms with Gasteiger partial charge in [-0.25, -0.2) is 0 Å². The van der Waals surface area contributed by atoms with Gasteiger partial charge in [-0.3, -0.25) is 9.59 Å². The normalized spacial score (nSPS) is 29.3. The summed E-state index contributed by atoms with van der Waals surface area (Å²) in [6, 6.07) is 6.36. The number of hydrogen-bond acceptors (Lipinski definition) is 4. The SMILES string of the molecule is Cc1ccc2c(c1)OC(C)(C)[C@@H]1C[C@H]3CN(C(=O)CC(C)(C)CC(=O)O)CC[C@H]3O[C@@H]21. The zero-order chi connectivity index (χ0) is 22.6. The zero-order valence-corrected chi connectivity index (χ0v) is 19.3. The van der Waals surface area contributed by atoms with E-state index in [1.54, 1.807) is 0 Å². The molecule has 0 aromatic heterocycles. The van der Waals surface area contributed by atoms with E-state index >= 15 is 0 Å². The van der Waals surface area contributed by atoms with E-state index in [0.717, 1.165) is 24.2 Å². The smallest absolute Gasteiger partial charge is 0.303 e. The number of aryl methyl sites for hydroxylation is 1. The summed E-state index contributed by atoms with van der Waals surface area (Å²) >= 11 is 0. The van der Waals surface area contributed by atoms with Gasteiger partial charge in [-0.2, -0.15) is 0 Å². The van der Waals surface area contributed by atoms with Crippen LogP contribution in [0.3, 0.4) is 0 Å². The average molecular weight is 430 g/mol. The summed E-state index contributed by atoms with van der Waals surface area (Å²) < 4.78 is 13.1. The molecule has 0 saturated carbocycles. The molecular weight excluding hydrogens is 394 g/mol. The Morgan fingerprint density at radius 2 is 2.00 bits per heavy atom. The maximum absolute atomic E-state index is 12.9. The van der Waals surface area contributed by atoms with E-state index in [1.165, 1.54) is 5.56 Å². The molecule has 0 radical (unpaired) electrons. The first-order chi connectivity index (χ1) is 14.4. The van der Waals surface area contributed by atoms with Crippen molar-refractivity contribution >= 4 is 11.9 Å². The topological polar surface area (TPSA) is 76.1 Å². The third-order valence-corrected chi connectivity index (χ3v) is 7.26. The van der Waals surface area contributed by atoms with Crippen LogP contribution in [0.4, 0.5) is 0 Å². The number of nitrogens with zero attached hydrogens (tertiary/aromatic N) is 1. The van der Waals surface area contributed by atoms with Crippen molar-refractivity contribution in [1.82, 2.24) is 4.90 Å². The van der Waals surface area contributed by atoms with Crippen molar-refractivity contribution in [2.24, 2.45) is 17.3 Å². The maximum Gasteiger partial charge on any atom is 0.303 e. The summed E-state index contributed by atoms with van der Waals surface area (Å²) in [5, 5.41) is 9.12. The Morgan fingerprint density at radius 3 is 2.71 bits per heavy atom. The summed E-state index contributed by atoms with van der Waals surface area (Å²) in [6.45, 7) is 11.4. The molecule has 6 nitrogen and oxygen atoms in total. The third kappa shape index (κ3) is 4.45. The number of carbonyl (C=O) groups excluding carboxylic acids is 1. The fourth-order valence-electron chi connectivity index (χ4n) is 5.63. The lowest BCUT2D eigenvalue weighted by atomic mass is 9.70. The molecule has 4 rings (SSSR count). The van der Waals surface area contributed by atoms with Gasteiger partial charge in [0.15, 0.2) is 0 Å². The Labute approximate surface area is 184 Å². The molecule has 1 aromatic rings. The van der Waals surface area contributed by atoms with Gasteiger partial charge in [0, 0.05) is 36.9 Å². The van der Waals surface area contributed by atoms with Crippen molar-refractivity contribution in [3.8, 4) is 5.75 Å². The number of piperidine rings is 1. The zero-order valence-electron chi connectivity index (χ0n) is 19.3. The molecule has 170 valence electrons. The fraction of sp³-hybridized carbons (Fsp3) is 0.680. The highest BCUT2D eigenvalue weighted by molar-refractivity contribution is 5.78. The monoisotopic (exact) mass is 429 g/mol. The number of hydrogen-bond donors (Lipinski definition) is 1. The van der Waals surface area contributed by atoms with E-state index in [0.29, 0.717) is 13.1 Å². The van der Waals surface area contributed by atoms with Gasteiger partial charge in [-0.15, -0.1) is 0 Å². The standard InChI is InChI=1S/C25H35NO5/c1-15-6-7-17-20(10-15)31-25(4,5)18-11-16-14-26(9-8-19(16)30-23(17)18)21(27)12-24(2,3)13-22(28)29/h6-7,10,16,18-19,23H,8-9,11-14H2,1-5H3,(H,28,29)/t16-,18+,19+,23-/m0/s1. The molecule has 0 spiro atoms. The number of carboxylic acids is 1. The summed E-state index contributed by atoms with van der Waals surface area (Å²) in [4.78, 5) is 26.0. The molecule has 0 aliphatic carbocycles. The number of aliphatic carboxylic acids is 1. The lowest BCUT2D eigenvalue weighted by molar-refractivity contribution is -0.189. The second-order valence-electron chi connectivity index (χ2n) is 11.0. The van der Waals surface area contributed by atoms with Gasteiger partial charge in [0.25, 0.3) is 0 Å². The highest BCUT2D eigenvalue weighted by Crippen LogP contribution is 2.53. The van der Waals surface area contributed by atoms with Crippen molar-refractivity contribution in [2.45, 2.75) is 78.1 Å². The van der Waals surface area contributed by atoms with Gasteiger partial charge in [0.1, 0.15) is 11.4 Å². The largest absolute Gasteiger partial charge is 0.487 e. The first-order valence-corrected chi connectivity index (χ1v) is 11.4. The lowest BCUT2D eigenvalue weighted by Crippen LogP contribution is -2.56. The van der Waals surface area contributed by atoms with Crippen LogP contribution in [0.25, 0.3) is 0 Å². The molecule has 3 aliphatic heterocycles. The van der Waals surface area contributed by atoms with Crippen LogP contribution in [0.5, 0.6) is 5.75 Å². The van der Waals surface area contributed by atoms with E-state index in [-0.39, 0.29) is 48.4 Å². The van der Waals surface area contributed by atoms with Crippen LogP contribution in [-0.2, 0) is 14.3 Å². The number of fused-ring (bicyclic) bond motifs is 4. The second kappa shape index (κ2) is 7.80. The maximum atomic E-state index is 12.9. The quantitative estimate of drug-likeness (QED) is 0.770. The predicted molar refractivity (Wildman–Crippen MR) is 117 cm³/mol. The number of carboxylic acid groups (broad SMARTS) is 1. The molecular formula is C25H35NO5. The summed E-state index contributed by atoms with van der Waals surface area (Å²) in [5.74, 6) is 0.613. The molecule has 6 heteroatoms. The summed E-state index contributed by atoms with van der Waals surface area (Å²) in [7, 11) is 0. The van der Waals surface area contributed by atoms with Crippen LogP contribution in [-0.4, -0.2) is 46.7 Å². The Bertz CT molecular complexity index is 877. The number of ether oxygens (including phenoxy) is 2. The summed E-state index contributed by atoms with van der Waals surface area (Å²) in [6.07, 6.45) is 2.19. The number of amides is 1. The average Bonchev–Trinajstić information content (AvgIpc) is 2.64. The first kappa shape index (κ1) is 22.1. The molecule has 3 heterocycles. The number of likely N-dealkylation sites (tertiary alicyclic amines) is 1. The van der Waals surface area contributed by atoms with Crippen LogP contribution < -0.4 is 4.74 Å². The van der Waals surface area contributed by atoms with Gasteiger partial charge in [0.05, 0.1) is 18.6 Å². The minimum atomic E-state index is -0.863. The van der Waals surface area contributed by atoms with E-state index in [4.69, 9.17) is 14.6 Å². The molecule has 4 atom stereocenters. The van der Waals surface area contributed by atoms with Crippen LogP contribution >= 0.6 is 0 Å². The Hall–Kier alpha value is -2.08. The first-order valence-electron chi connectivity index (χ1n) is 11.4. The van der Waals surface area contributed by atoms with Crippen LogP contribution in [0.1, 0.15) is 70.6 Å². The Morgan fingerprint density at radius 1 is 1.26 bits per heavy atom. The van der Waals surface area contributed by atoms with Gasteiger partial charge < -0.3 is 19.5 Å². The van der Waals surface area contributed by atoms with Crippen molar-refractivity contribution in [1.29, 1.82) is 0 Å². The van der Waals surface area contributed by atoms with Gasteiger partial charge in [-0.05, 0) is 50.7 Å². The highest BCUT2D eigenvalue weighted by atomic mass is 16.5. The molecule has 0 bridgehead atoms. The van der Waals surface area contributed by atoms with E-state index in [9.17, 15) is 9.59 Å². The van der Waals surface area contributed by atoms with Crippen LogP contribution in [0.2, 0.25) is 0 Å². The molecule has 2 saturated heterocycles. The van der Waals surface area contributed by atoms with Crippen molar-refractivity contribution < 1.29 is 24.2 Å². The number of carbonyl (C=O) groups is 2. The molecule has 1 aromatic carbocycles. The Kier molecular flexibility index (Phi) is 5.57. The minimum absolute atomic E-state index is 0.00406. The van der Waals surface area contributed by atoms with Gasteiger partial charge in [0.2, 0.25) is 5.91 Å².